The highest BCUT2D eigenvalue weighted by Crippen LogP contribution is 2.26. The lowest BCUT2D eigenvalue weighted by Gasteiger charge is -2.23. The minimum Gasteiger partial charge on any atom is -0.460 e. The fourth-order valence-electron chi connectivity index (χ4n) is 1.33. The second-order valence-corrected chi connectivity index (χ2v) is 4.53. The van der Waals surface area contributed by atoms with Gasteiger partial charge in [-0.25, -0.2) is 0 Å². The van der Waals surface area contributed by atoms with Gasteiger partial charge in [0.25, 0.3) is 0 Å². The van der Waals surface area contributed by atoms with Gasteiger partial charge in [-0.3, -0.25) is 9.59 Å². The summed E-state index contributed by atoms with van der Waals surface area (Å²) in [6.07, 6.45) is 0. The molecule has 0 atom stereocenters. The Morgan fingerprint density at radius 1 is 1.28 bits per heavy atom. The zero-order chi connectivity index (χ0) is 13.8. The summed E-state index contributed by atoms with van der Waals surface area (Å²) in [5, 5.41) is 0. The van der Waals surface area contributed by atoms with Crippen molar-refractivity contribution < 1.29 is 14.3 Å². The number of rotatable bonds is 5. The van der Waals surface area contributed by atoms with Gasteiger partial charge >= 0.3 is 5.97 Å². The minimum atomic E-state index is -1.11. The Bertz CT molecular complexity index is 463. The third-order valence-corrected chi connectivity index (χ3v) is 2.77. The van der Waals surface area contributed by atoms with Gasteiger partial charge in [-0.2, -0.15) is 0 Å². The number of hydrogen-bond acceptors (Lipinski definition) is 3. The lowest BCUT2D eigenvalue weighted by atomic mass is 9.85. The molecular formula is C14H17NO3. The molecular weight excluding hydrogens is 230 g/mol. The zero-order valence-electron chi connectivity index (χ0n) is 10.6. The standard InChI is InChI=1S/C14H17NO3/c1-10(12(15)16)14(2,3)13(17)18-9-11-7-5-4-6-8-11/h4-8H,1,9H2,2-3H3,(H2,15,16). The van der Waals surface area contributed by atoms with E-state index >= 15 is 0 Å². The molecule has 4 nitrogen and oxygen atoms in total. The van der Waals surface area contributed by atoms with Crippen LogP contribution < -0.4 is 5.73 Å². The molecule has 0 aliphatic heterocycles. The molecule has 0 spiro atoms. The predicted molar refractivity (Wildman–Crippen MR) is 68.4 cm³/mol. The first-order valence-corrected chi connectivity index (χ1v) is 5.56. The molecule has 0 radical (unpaired) electrons. The molecule has 18 heavy (non-hydrogen) atoms. The summed E-state index contributed by atoms with van der Waals surface area (Å²) in [5.41, 5.74) is 4.93. The fourth-order valence-corrected chi connectivity index (χ4v) is 1.33. The predicted octanol–water partition coefficient (Wildman–Crippen LogP) is 1.80. The smallest absolute Gasteiger partial charge is 0.316 e. The van der Waals surface area contributed by atoms with Gasteiger partial charge in [0.1, 0.15) is 6.61 Å². The van der Waals surface area contributed by atoms with Crippen molar-refractivity contribution in [2.45, 2.75) is 20.5 Å². The van der Waals surface area contributed by atoms with Crippen LogP contribution in [0.4, 0.5) is 0 Å². The van der Waals surface area contributed by atoms with E-state index in [1.807, 2.05) is 30.3 Å². The first-order valence-electron chi connectivity index (χ1n) is 5.56. The average Bonchev–Trinajstić information content (AvgIpc) is 2.35. The maximum atomic E-state index is 11.9. The van der Waals surface area contributed by atoms with Crippen LogP contribution in [0.5, 0.6) is 0 Å². The zero-order valence-corrected chi connectivity index (χ0v) is 10.6. The Morgan fingerprint density at radius 2 is 1.83 bits per heavy atom. The highest BCUT2D eigenvalue weighted by Gasteiger charge is 2.35. The van der Waals surface area contributed by atoms with Crippen LogP contribution in [0.2, 0.25) is 0 Å². The third-order valence-electron chi connectivity index (χ3n) is 2.77. The van der Waals surface area contributed by atoms with Gasteiger partial charge in [-0.15, -0.1) is 0 Å². The van der Waals surface area contributed by atoms with E-state index in [1.54, 1.807) is 13.8 Å². The Hall–Kier alpha value is -2.10. The van der Waals surface area contributed by atoms with Gasteiger partial charge in [-0.1, -0.05) is 36.9 Å². The number of amides is 1. The fraction of sp³-hybridized carbons (Fsp3) is 0.286. The van der Waals surface area contributed by atoms with Gasteiger partial charge in [0.05, 0.1) is 5.41 Å². The molecule has 0 bridgehead atoms. The number of carbonyl (C=O) groups is 2. The lowest BCUT2D eigenvalue weighted by Crippen LogP contribution is -2.34. The van der Waals surface area contributed by atoms with Crippen LogP contribution in [0.25, 0.3) is 0 Å². The van der Waals surface area contributed by atoms with Crippen LogP contribution in [0.1, 0.15) is 19.4 Å². The second-order valence-electron chi connectivity index (χ2n) is 4.53. The van der Waals surface area contributed by atoms with Crippen molar-refractivity contribution in [3.63, 3.8) is 0 Å². The molecule has 0 saturated carbocycles. The molecule has 1 rings (SSSR count). The maximum Gasteiger partial charge on any atom is 0.316 e. The number of esters is 1. The number of benzene rings is 1. The summed E-state index contributed by atoms with van der Waals surface area (Å²) in [5.74, 6) is -1.22. The lowest BCUT2D eigenvalue weighted by molar-refractivity contribution is -0.154. The van der Waals surface area contributed by atoms with Crippen LogP contribution in [0.3, 0.4) is 0 Å². The van der Waals surface area contributed by atoms with E-state index in [1.165, 1.54) is 0 Å². The molecule has 0 aliphatic rings. The Balaban J connectivity index is 2.66. The van der Waals surface area contributed by atoms with E-state index in [2.05, 4.69) is 6.58 Å². The number of primary amides is 1. The van der Waals surface area contributed by atoms with Gasteiger partial charge in [0.2, 0.25) is 5.91 Å². The Labute approximate surface area is 106 Å². The normalized spacial score (nSPS) is 10.8. The minimum absolute atomic E-state index is 0.0422. The van der Waals surface area contributed by atoms with E-state index in [-0.39, 0.29) is 12.2 Å². The number of hydrogen-bond donors (Lipinski definition) is 1. The quantitative estimate of drug-likeness (QED) is 0.637. The summed E-state index contributed by atoms with van der Waals surface area (Å²) >= 11 is 0. The Morgan fingerprint density at radius 3 is 2.33 bits per heavy atom. The molecule has 0 saturated heterocycles. The molecule has 0 aliphatic carbocycles. The molecule has 0 aromatic heterocycles. The highest BCUT2D eigenvalue weighted by molar-refractivity contribution is 5.99. The van der Waals surface area contributed by atoms with Gasteiger partial charge < -0.3 is 10.5 Å². The van der Waals surface area contributed by atoms with Crippen molar-refractivity contribution in [2.24, 2.45) is 11.1 Å². The van der Waals surface area contributed by atoms with Crippen LogP contribution in [-0.2, 0) is 20.9 Å². The summed E-state index contributed by atoms with van der Waals surface area (Å²) in [7, 11) is 0. The monoisotopic (exact) mass is 247 g/mol. The van der Waals surface area contributed by atoms with Gasteiger partial charge in [-0.05, 0) is 19.4 Å². The molecule has 0 heterocycles. The molecule has 2 N–H and O–H groups in total. The summed E-state index contributed by atoms with van der Waals surface area (Å²) < 4.78 is 5.16. The van der Waals surface area contributed by atoms with Crippen molar-refractivity contribution >= 4 is 11.9 Å². The van der Waals surface area contributed by atoms with E-state index in [0.29, 0.717) is 0 Å². The largest absolute Gasteiger partial charge is 0.460 e. The van der Waals surface area contributed by atoms with Crippen LogP contribution in [-0.4, -0.2) is 11.9 Å². The SMILES string of the molecule is C=C(C(N)=O)C(C)(C)C(=O)OCc1ccccc1. The van der Waals surface area contributed by atoms with Crippen LogP contribution >= 0.6 is 0 Å². The summed E-state index contributed by atoms with van der Waals surface area (Å²) in [6, 6.07) is 9.30. The number of carbonyl (C=O) groups excluding carboxylic acids is 2. The van der Waals surface area contributed by atoms with Crippen LogP contribution in [0.15, 0.2) is 42.5 Å². The molecule has 96 valence electrons. The van der Waals surface area contributed by atoms with E-state index in [9.17, 15) is 9.59 Å². The molecule has 0 fully saturated rings. The van der Waals surface area contributed by atoms with Crippen LogP contribution in [0, 0.1) is 5.41 Å². The topological polar surface area (TPSA) is 69.4 Å². The van der Waals surface area contributed by atoms with Crippen molar-refractivity contribution in [2.75, 3.05) is 0 Å². The molecule has 0 unspecified atom stereocenters. The van der Waals surface area contributed by atoms with Gasteiger partial charge in [0, 0.05) is 5.57 Å². The molecule has 1 amide bonds. The second kappa shape index (κ2) is 5.49. The first kappa shape index (κ1) is 14.0. The van der Waals surface area contributed by atoms with Crippen molar-refractivity contribution in [1.29, 1.82) is 0 Å². The summed E-state index contributed by atoms with van der Waals surface area (Å²) in [6.45, 7) is 6.81. The molecule has 4 heteroatoms. The number of ether oxygens (including phenoxy) is 1. The van der Waals surface area contributed by atoms with E-state index in [0.717, 1.165) is 5.56 Å². The first-order chi connectivity index (χ1) is 8.35. The van der Waals surface area contributed by atoms with Crippen molar-refractivity contribution in [1.82, 2.24) is 0 Å². The Kier molecular flexibility index (Phi) is 4.26. The molecule has 1 aromatic rings. The number of nitrogens with two attached hydrogens (primary N) is 1. The molecule has 1 aromatic carbocycles. The van der Waals surface area contributed by atoms with E-state index in [4.69, 9.17) is 10.5 Å². The summed E-state index contributed by atoms with van der Waals surface area (Å²) in [4.78, 5) is 22.9. The average molecular weight is 247 g/mol. The van der Waals surface area contributed by atoms with Gasteiger partial charge in [0.15, 0.2) is 0 Å². The van der Waals surface area contributed by atoms with E-state index < -0.39 is 17.3 Å². The van der Waals surface area contributed by atoms with Crippen molar-refractivity contribution in [3.8, 4) is 0 Å². The van der Waals surface area contributed by atoms with Crippen molar-refractivity contribution in [3.05, 3.63) is 48.0 Å². The highest BCUT2D eigenvalue weighted by atomic mass is 16.5. The maximum absolute atomic E-state index is 11.9. The third kappa shape index (κ3) is 3.20.